The molecule has 1 N–H and O–H groups in total. The number of halogens is 3. The Labute approximate surface area is 234 Å². The van der Waals surface area contributed by atoms with Crippen molar-refractivity contribution in [2.45, 2.75) is 19.1 Å². The fourth-order valence-corrected chi connectivity index (χ4v) is 4.56. The first kappa shape index (κ1) is 27.6. The number of aromatic nitrogens is 1. The zero-order valence-electron chi connectivity index (χ0n) is 22.0. The van der Waals surface area contributed by atoms with Crippen molar-refractivity contribution < 1.29 is 27.5 Å². The van der Waals surface area contributed by atoms with Crippen molar-refractivity contribution in [3.63, 3.8) is 0 Å². The normalized spacial score (nSPS) is 11.3. The van der Waals surface area contributed by atoms with Crippen LogP contribution in [0.4, 0.5) is 18.9 Å². The van der Waals surface area contributed by atoms with Crippen molar-refractivity contribution in [3.8, 4) is 11.3 Å². The minimum absolute atomic E-state index is 0.166. The lowest BCUT2D eigenvalue weighted by Gasteiger charge is -2.15. The lowest BCUT2D eigenvalue weighted by molar-refractivity contribution is -0.140. The summed E-state index contributed by atoms with van der Waals surface area (Å²) >= 11 is 0. The quantitative estimate of drug-likeness (QED) is 0.159. The van der Waals surface area contributed by atoms with Crippen LogP contribution < -0.4 is 5.32 Å². The molecule has 5 aromatic rings. The number of methoxy groups -OCH3 is 1. The summed E-state index contributed by atoms with van der Waals surface area (Å²) in [6, 6.07) is 28.5. The average Bonchev–Trinajstić information content (AvgIpc) is 2.99. The Morgan fingerprint density at radius 2 is 1.54 bits per heavy atom. The molecule has 0 aliphatic rings. The maximum atomic E-state index is 13.9. The second-order valence-corrected chi connectivity index (χ2v) is 9.46. The third-order valence-corrected chi connectivity index (χ3v) is 6.66. The van der Waals surface area contributed by atoms with E-state index in [9.17, 15) is 22.8 Å². The molecule has 0 spiro atoms. The maximum Gasteiger partial charge on any atom is 0.418 e. The fourth-order valence-electron chi connectivity index (χ4n) is 4.56. The Morgan fingerprint density at radius 1 is 0.829 bits per heavy atom. The van der Waals surface area contributed by atoms with Crippen LogP contribution in [0.5, 0.6) is 0 Å². The predicted octanol–water partition coefficient (Wildman–Crippen LogP) is 7.48. The van der Waals surface area contributed by atoms with Gasteiger partial charge >= 0.3 is 12.1 Å². The first-order valence-corrected chi connectivity index (χ1v) is 12.8. The van der Waals surface area contributed by atoms with Gasteiger partial charge in [-0.3, -0.25) is 9.59 Å². The van der Waals surface area contributed by atoms with Gasteiger partial charge in [-0.05, 0) is 35.4 Å². The van der Waals surface area contributed by atoms with E-state index in [0.29, 0.717) is 23.4 Å². The Hall–Kier alpha value is -4.98. The van der Waals surface area contributed by atoms with Gasteiger partial charge in [-0.25, -0.2) is 4.98 Å². The van der Waals surface area contributed by atoms with Crippen LogP contribution in [0.15, 0.2) is 103 Å². The summed E-state index contributed by atoms with van der Waals surface area (Å²) in [6.45, 7) is 0.459. The summed E-state index contributed by atoms with van der Waals surface area (Å²) in [4.78, 5) is 29.5. The van der Waals surface area contributed by atoms with Crippen LogP contribution in [0.2, 0.25) is 0 Å². The molecular formula is C33H25F3N2O3. The first-order valence-electron chi connectivity index (χ1n) is 12.8. The first-order chi connectivity index (χ1) is 19.7. The van der Waals surface area contributed by atoms with E-state index in [2.05, 4.69) is 10.3 Å². The van der Waals surface area contributed by atoms with E-state index in [1.165, 1.54) is 25.3 Å². The van der Waals surface area contributed by atoms with Crippen LogP contribution in [0.25, 0.3) is 22.2 Å². The largest absolute Gasteiger partial charge is 0.469 e. The second-order valence-electron chi connectivity index (χ2n) is 9.46. The number of nitrogens with one attached hydrogen (secondary N) is 1. The average molecular weight is 555 g/mol. The van der Waals surface area contributed by atoms with Crippen LogP contribution in [0.1, 0.15) is 32.6 Å². The highest BCUT2D eigenvalue weighted by molar-refractivity contribution is 6.14. The molecular weight excluding hydrogens is 529 g/mol. The molecule has 0 aliphatic heterocycles. The highest BCUT2D eigenvalue weighted by atomic mass is 19.4. The van der Waals surface area contributed by atoms with E-state index < -0.39 is 11.7 Å². The van der Waals surface area contributed by atoms with Crippen LogP contribution >= 0.6 is 0 Å². The number of pyridine rings is 1. The number of fused-ring (bicyclic) bond motifs is 1. The number of ether oxygens (including phenoxy) is 1. The summed E-state index contributed by atoms with van der Waals surface area (Å²) in [6.07, 6.45) is -4.42. The molecule has 5 nitrogen and oxygen atoms in total. The SMILES string of the molecule is COC(=O)Cc1ccc(CNc2cccc(-c3nc4c(C(F)(F)F)cccc4cc3C(=O)c3ccccc3)c2)cc1. The zero-order chi connectivity index (χ0) is 29.0. The molecule has 0 saturated heterocycles. The molecule has 0 fully saturated rings. The van der Waals surface area contributed by atoms with Gasteiger partial charge < -0.3 is 10.1 Å². The highest BCUT2D eigenvalue weighted by Gasteiger charge is 2.33. The molecule has 0 radical (unpaired) electrons. The molecule has 1 aromatic heterocycles. The van der Waals surface area contributed by atoms with Crippen molar-refractivity contribution >= 4 is 28.3 Å². The van der Waals surface area contributed by atoms with E-state index in [1.54, 1.807) is 48.5 Å². The number of hydrogen-bond acceptors (Lipinski definition) is 5. The van der Waals surface area contributed by atoms with Gasteiger partial charge in [0, 0.05) is 34.3 Å². The van der Waals surface area contributed by atoms with E-state index >= 15 is 0 Å². The Morgan fingerprint density at radius 3 is 2.24 bits per heavy atom. The lowest BCUT2D eigenvalue weighted by atomic mass is 9.95. The molecule has 1 heterocycles. The number of anilines is 1. The molecule has 0 saturated carbocycles. The van der Waals surface area contributed by atoms with Gasteiger partial charge in [0.15, 0.2) is 5.78 Å². The minimum atomic E-state index is -4.61. The molecule has 0 bridgehead atoms. The monoisotopic (exact) mass is 554 g/mol. The summed E-state index contributed by atoms with van der Waals surface area (Å²) in [7, 11) is 1.35. The standard InChI is InChI=1S/C33H25F3N2O3/c1-41-29(39)17-21-13-15-22(16-14-21)20-37-26-11-5-9-24(18-26)30-27(32(40)23-7-3-2-4-8-23)19-25-10-6-12-28(31(25)38-30)33(34,35)36/h2-16,18-19,37H,17,20H2,1H3. The molecule has 0 aliphatic carbocycles. The number of benzene rings is 4. The number of carbonyl (C=O) groups excluding carboxylic acids is 2. The molecule has 5 rings (SSSR count). The lowest BCUT2D eigenvalue weighted by Crippen LogP contribution is -2.10. The van der Waals surface area contributed by atoms with Crippen LogP contribution in [0, 0.1) is 0 Å². The summed E-state index contributed by atoms with van der Waals surface area (Å²) in [5.74, 6) is -0.653. The molecule has 4 aromatic carbocycles. The van der Waals surface area contributed by atoms with Crippen molar-refractivity contribution in [2.75, 3.05) is 12.4 Å². The smallest absolute Gasteiger partial charge is 0.418 e. The molecule has 0 atom stereocenters. The van der Waals surface area contributed by atoms with Gasteiger partial charge in [-0.2, -0.15) is 13.2 Å². The van der Waals surface area contributed by atoms with Crippen molar-refractivity contribution in [1.29, 1.82) is 0 Å². The molecule has 0 amide bonds. The Kier molecular flexibility index (Phi) is 7.83. The van der Waals surface area contributed by atoms with Gasteiger partial charge in [-0.15, -0.1) is 0 Å². The Balaban J connectivity index is 1.51. The maximum absolute atomic E-state index is 13.9. The Bertz CT molecular complexity index is 1720. The van der Waals surface area contributed by atoms with E-state index in [0.717, 1.165) is 17.2 Å². The number of hydrogen-bond donors (Lipinski definition) is 1. The number of nitrogens with zero attached hydrogens (tertiary/aromatic N) is 1. The molecule has 41 heavy (non-hydrogen) atoms. The number of esters is 1. The van der Waals surface area contributed by atoms with E-state index in [1.807, 2.05) is 30.3 Å². The van der Waals surface area contributed by atoms with Crippen molar-refractivity contribution in [3.05, 3.63) is 131 Å². The van der Waals surface area contributed by atoms with Gasteiger partial charge in [-0.1, -0.05) is 78.9 Å². The summed E-state index contributed by atoms with van der Waals surface area (Å²) < 4.78 is 46.3. The second kappa shape index (κ2) is 11.6. The van der Waals surface area contributed by atoms with Gasteiger partial charge in [0.1, 0.15) is 0 Å². The number of rotatable bonds is 8. The summed E-state index contributed by atoms with van der Waals surface area (Å²) in [5.41, 5.74) is 2.70. The number of ketones is 1. The van der Waals surface area contributed by atoms with Gasteiger partial charge in [0.05, 0.1) is 30.3 Å². The molecule has 206 valence electrons. The highest BCUT2D eigenvalue weighted by Crippen LogP contribution is 2.37. The molecule has 0 unspecified atom stereocenters. The zero-order valence-corrected chi connectivity index (χ0v) is 22.0. The van der Waals surface area contributed by atoms with Crippen LogP contribution in [-0.4, -0.2) is 23.8 Å². The number of carbonyl (C=O) groups is 2. The number of alkyl halides is 3. The van der Waals surface area contributed by atoms with Crippen molar-refractivity contribution in [2.24, 2.45) is 0 Å². The van der Waals surface area contributed by atoms with Gasteiger partial charge in [0.2, 0.25) is 0 Å². The fraction of sp³-hybridized carbons (Fsp3) is 0.121. The number of para-hydroxylation sites is 1. The topological polar surface area (TPSA) is 68.3 Å². The summed E-state index contributed by atoms with van der Waals surface area (Å²) in [5, 5.41) is 3.54. The third kappa shape index (κ3) is 6.27. The van der Waals surface area contributed by atoms with Crippen LogP contribution in [0.3, 0.4) is 0 Å². The van der Waals surface area contributed by atoms with Crippen molar-refractivity contribution in [1.82, 2.24) is 4.98 Å². The van der Waals surface area contributed by atoms with E-state index in [4.69, 9.17) is 4.74 Å². The van der Waals surface area contributed by atoms with Gasteiger partial charge in [0.25, 0.3) is 0 Å². The minimum Gasteiger partial charge on any atom is -0.469 e. The predicted molar refractivity (Wildman–Crippen MR) is 152 cm³/mol. The third-order valence-electron chi connectivity index (χ3n) is 6.66. The van der Waals surface area contributed by atoms with Crippen LogP contribution in [-0.2, 0) is 28.7 Å². The van der Waals surface area contributed by atoms with E-state index in [-0.39, 0.29) is 40.3 Å². The molecule has 8 heteroatoms.